The molecule has 0 saturated carbocycles. The van der Waals surface area contributed by atoms with Crippen LogP contribution in [0.5, 0.6) is 0 Å². The number of hydrogen-bond donors (Lipinski definition) is 2. The van der Waals surface area contributed by atoms with E-state index in [2.05, 4.69) is 27.4 Å². The van der Waals surface area contributed by atoms with Crippen LogP contribution in [0.2, 0.25) is 0 Å². The third-order valence-electron chi connectivity index (χ3n) is 2.99. The summed E-state index contributed by atoms with van der Waals surface area (Å²) in [6.07, 6.45) is 1.61. The second-order valence-corrected chi connectivity index (χ2v) is 4.64. The maximum absolute atomic E-state index is 12.1. The number of amides is 1. The van der Waals surface area contributed by atoms with Crippen molar-refractivity contribution in [3.8, 4) is 0 Å². The van der Waals surface area contributed by atoms with Crippen molar-refractivity contribution >= 4 is 11.6 Å². The molecule has 1 atom stereocenters. The molecule has 1 amide bonds. The molecule has 1 heterocycles. The number of likely N-dealkylation sites (N-methyl/N-ethyl adjacent to an activating group) is 1. The van der Waals surface area contributed by atoms with E-state index in [0.717, 1.165) is 11.4 Å². The molecular formula is C13H22N4O. The van der Waals surface area contributed by atoms with Gasteiger partial charge in [-0.2, -0.15) is 0 Å². The molecule has 0 radical (unpaired) electrons. The molecule has 0 saturated heterocycles. The summed E-state index contributed by atoms with van der Waals surface area (Å²) in [5, 5.41) is 5.93. The fourth-order valence-electron chi connectivity index (χ4n) is 1.47. The zero-order chi connectivity index (χ0) is 13.7. The lowest BCUT2D eigenvalue weighted by molar-refractivity contribution is 0.0944. The normalized spacial score (nSPS) is 12.3. The summed E-state index contributed by atoms with van der Waals surface area (Å²) in [6.45, 7) is 4.58. The van der Waals surface area contributed by atoms with Gasteiger partial charge in [-0.1, -0.05) is 0 Å². The topological polar surface area (TPSA) is 57.3 Å². The number of hydrogen-bond acceptors (Lipinski definition) is 4. The molecule has 0 fully saturated rings. The molecule has 1 rings (SSSR count). The molecule has 100 valence electrons. The van der Waals surface area contributed by atoms with E-state index in [1.165, 1.54) is 0 Å². The Balaban J connectivity index is 2.72. The van der Waals surface area contributed by atoms with Crippen LogP contribution in [0.25, 0.3) is 0 Å². The van der Waals surface area contributed by atoms with Crippen LogP contribution in [0.3, 0.4) is 0 Å². The number of pyridine rings is 1. The van der Waals surface area contributed by atoms with Crippen molar-refractivity contribution in [1.29, 1.82) is 0 Å². The molecule has 1 aromatic rings. The molecular weight excluding hydrogens is 228 g/mol. The predicted octanol–water partition coefficient (Wildman–Crippen LogP) is 1.11. The number of nitrogens with zero attached hydrogens (tertiary/aromatic N) is 2. The lowest BCUT2D eigenvalue weighted by Gasteiger charge is -2.20. The summed E-state index contributed by atoms with van der Waals surface area (Å²) in [5.41, 5.74) is 2.27. The van der Waals surface area contributed by atoms with Crippen LogP contribution in [0.1, 0.15) is 23.0 Å². The highest BCUT2D eigenvalue weighted by Crippen LogP contribution is 2.14. The molecule has 0 aliphatic rings. The summed E-state index contributed by atoms with van der Waals surface area (Å²) in [4.78, 5) is 18.3. The number of carbonyl (C=O) groups excluding carboxylic acids is 1. The van der Waals surface area contributed by atoms with Gasteiger partial charge in [0.2, 0.25) is 0 Å². The predicted molar refractivity (Wildman–Crippen MR) is 74.0 cm³/mol. The summed E-state index contributed by atoms with van der Waals surface area (Å²) in [5.74, 6) is -0.0967. The molecule has 5 nitrogen and oxygen atoms in total. The summed E-state index contributed by atoms with van der Waals surface area (Å²) < 4.78 is 0. The van der Waals surface area contributed by atoms with Crippen molar-refractivity contribution in [3.63, 3.8) is 0 Å². The molecule has 1 aromatic heterocycles. The monoisotopic (exact) mass is 250 g/mol. The molecule has 5 heteroatoms. The van der Waals surface area contributed by atoms with Gasteiger partial charge in [0.15, 0.2) is 0 Å². The maximum atomic E-state index is 12.1. The fourth-order valence-corrected chi connectivity index (χ4v) is 1.47. The Bertz CT molecular complexity index is 417. The zero-order valence-electron chi connectivity index (χ0n) is 11.7. The molecule has 0 spiro atoms. The molecule has 1 unspecified atom stereocenters. The van der Waals surface area contributed by atoms with Crippen LogP contribution < -0.4 is 10.6 Å². The molecule has 0 aliphatic carbocycles. The molecule has 18 heavy (non-hydrogen) atoms. The van der Waals surface area contributed by atoms with Gasteiger partial charge in [0, 0.05) is 31.5 Å². The number of aryl methyl sites for hydroxylation is 1. The van der Waals surface area contributed by atoms with Gasteiger partial charge in [-0.3, -0.25) is 9.78 Å². The fraction of sp³-hybridized carbons (Fsp3) is 0.538. The SMILES string of the molecule is CNc1cc(C)ncc1C(=O)NCC(C)N(C)C. The smallest absolute Gasteiger partial charge is 0.255 e. The van der Waals surface area contributed by atoms with Crippen molar-refractivity contribution in [2.45, 2.75) is 19.9 Å². The van der Waals surface area contributed by atoms with Gasteiger partial charge >= 0.3 is 0 Å². The van der Waals surface area contributed by atoms with E-state index in [1.54, 1.807) is 13.2 Å². The van der Waals surface area contributed by atoms with E-state index >= 15 is 0 Å². The third-order valence-corrected chi connectivity index (χ3v) is 2.99. The highest BCUT2D eigenvalue weighted by Gasteiger charge is 2.13. The molecule has 0 aromatic carbocycles. The van der Waals surface area contributed by atoms with Gasteiger partial charge in [0.05, 0.1) is 11.3 Å². The van der Waals surface area contributed by atoms with E-state index in [-0.39, 0.29) is 5.91 Å². The Labute approximate surface area is 109 Å². The highest BCUT2D eigenvalue weighted by molar-refractivity contribution is 5.99. The average Bonchev–Trinajstić information content (AvgIpc) is 2.34. The Morgan fingerprint density at radius 3 is 2.72 bits per heavy atom. The van der Waals surface area contributed by atoms with Gasteiger partial charge in [0.25, 0.3) is 5.91 Å². The third kappa shape index (κ3) is 3.70. The average molecular weight is 250 g/mol. The van der Waals surface area contributed by atoms with Crippen molar-refractivity contribution in [3.05, 3.63) is 23.5 Å². The first kappa shape index (κ1) is 14.4. The Hall–Kier alpha value is -1.62. The van der Waals surface area contributed by atoms with Crippen LogP contribution >= 0.6 is 0 Å². The van der Waals surface area contributed by atoms with Gasteiger partial charge < -0.3 is 15.5 Å². The van der Waals surface area contributed by atoms with Crippen LogP contribution in [0.15, 0.2) is 12.3 Å². The minimum atomic E-state index is -0.0967. The van der Waals surface area contributed by atoms with Crippen LogP contribution in [-0.2, 0) is 0 Å². The molecule has 0 bridgehead atoms. The molecule has 2 N–H and O–H groups in total. The van der Waals surface area contributed by atoms with Gasteiger partial charge in [-0.05, 0) is 34.0 Å². The second-order valence-electron chi connectivity index (χ2n) is 4.64. The standard InChI is InChI=1S/C13H22N4O/c1-9-6-12(14-3)11(8-15-9)13(18)16-7-10(2)17(4)5/h6,8,10H,7H2,1-5H3,(H,14,15)(H,16,18). The minimum absolute atomic E-state index is 0.0967. The quantitative estimate of drug-likeness (QED) is 0.822. The van der Waals surface area contributed by atoms with Gasteiger partial charge in [0.1, 0.15) is 0 Å². The van der Waals surface area contributed by atoms with Crippen molar-refractivity contribution in [1.82, 2.24) is 15.2 Å². The molecule has 0 aliphatic heterocycles. The largest absolute Gasteiger partial charge is 0.387 e. The van der Waals surface area contributed by atoms with Crippen molar-refractivity contribution in [2.24, 2.45) is 0 Å². The lowest BCUT2D eigenvalue weighted by Crippen LogP contribution is -2.38. The second kappa shape index (κ2) is 6.35. The van der Waals surface area contributed by atoms with Crippen molar-refractivity contribution < 1.29 is 4.79 Å². The van der Waals surface area contributed by atoms with Crippen molar-refractivity contribution in [2.75, 3.05) is 33.0 Å². The van der Waals surface area contributed by atoms with E-state index in [4.69, 9.17) is 0 Å². The first-order valence-electron chi connectivity index (χ1n) is 6.04. The van der Waals surface area contributed by atoms with Crippen LogP contribution in [0.4, 0.5) is 5.69 Å². The summed E-state index contributed by atoms with van der Waals surface area (Å²) in [6, 6.07) is 2.16. The van der Waals surface area contributed by atoms with E-state index in [9.17, 15) is 4.79 Å². The number of carbonyl (C=O) groups is 1. The number of nitrogens with one attached hydrogen (secondary N) is 2. The van der Waals surface area contributed by atoms with Gasteiger partial charge in [-0.25, -0.2) is 0 Å². The maximum Gasteiger partial charge on any atom is 0.255 e. The van der Waals surface area contributed by atoms with E-state index in [0.29, 0.717) is 18.2 Å². The highest BCUT2D eigenvalue weighted by atomic mass is 16.1. The first-order valence-corrected chi connectivity index (χ1v) is 6.04. The van der Waals surface area contributed by atoms with E-state index < -0.39 is 0 Å². The van der Waals surface area contributed by atoms with E-state index in [1.807, 2.05) is 27.1 Å². The van der Waals surface area contributed by atoms with Gasteiger partial charge in [-0.15, -0.1) is 0 Å². The first-order chi connectivity index (χ1) is 8.45. The Morgan fingerprint density at radius 2 is 2.17 bits per heavy atom. The minimum Gasteiger partial charge on any atom is -0.387 e. The summed E-state index contributed by atoms with van der Waals surface area (Å²) in [7, 11) is 5.78. The Morgan fingerprint density at radius 1 is 1.50 bits per heavy atom. The number of anilines is 1. The number of aromatic nitrogens is 1. The van der Waals surface area contributed by atoms with Crippen LogP contribution in [0, 0.1) is 6.92 Å². The Kier molecular flexibility index (Phi) is 5.09. The lowest BCUT2D eigenvalue weighted by atomic mass is 10.2. The summed E-state index contributed by atoms with van der Waals surface area (Å²) >= 11 is 0. The van der Waals surface area contributed by atoms with Crippen LogP contribution in [-0.4, -0.2) is 49.5 Å². The zero-order valence-corrected chi connectivity index (χ0v) is 11.7. The number of rotatable bonds is 5.